The van der Waals surface area contributed by atoms with Crippen molar-refractivity contribution < 1.29 is 0 Å². The van der Waals surface area contributed by atoms with E-state index in [1.165, 1.54) is 0 Å². The fourth-order valence-corrected chi connectivity index (χ4v) is 1.80. The minimum atomic E-state index is 0.0382. The van der Waals surface area contributed by atoms with Crippen LogP contribution in [0, 0.1) is 18.3 Å². The highest BCUT2D eigenvalue weighted by Crippen LogP contribution is 2.16. The Morgan fingerprint density at radius 2 is 2.19 bits per heavy atom. The van der Waals surface area contributed by atoms with E-state index >= 15 is 0 Å². The van der Waals surface area contributed by atoms with Gasteiger partial charge in [0, 0.05) is 12.5 Å². The Kier molecular flexibility index (Phi) is 2.64. The number of hydrogen-bond acceptors (Lipinski definition) is 2. The monoisotopic (exact) mass is 216 g/mol. The number of para-hydroxylation sites is 2. The quantitative estimate of drug-likeness (QED) is 0.608. The number of amidine groups is 1. The number of benzene rings is 1. The molecule has 1 aromatic heterocycles. The third-order valence-electron chi connectivity index (χ3n) is 2.83. The second kappa shape index (κ2) is 3.96. The van der Waals surface area contributed by atoms with Crippen LogP contribution in [-0.2, 0) is 6.54 Å². The minimum Gasteiger partial charge on any atom is -0.387 e. The maximum Gasteiger partial charge on any atom is 0.106 e. The van der Waals surface area contributed by atoms with Crippen LogP contribution in [0.1, 0.15) is 12.7 Å². The molecule has 84 valence electrons. The van der Waals surface area contributed by atoms with E-state index in [0.717, 1.165) is 16.9 Å². The Balaban J connectivity index is 2.43. The maximum atomic E-state index is 7.43. The summed E-state index contributed by atoms with van der Waals surface area (Å²) in [6.45, 7) is 4.64. The number of aromatic nitrogens is 2. The Bertz CT molecular complexity index is 527. The highest BCUT2D eigenvalue weighted by atomic mass is 15.1. The number of nitrogens with one attached hydrogen (secondary N) is 1. The highest BCUT2D eigenvalue weighted by Gasteiger charge is 2.11. The number of fused-ring (bicyclic) bond motifs is 1. The average Bonchev–Trinajstić information content (AvgIpc) is 2.55. The van der Waals surface area contributed by atoms with Crippen molar-refractivity contribution in [2.75, 3.05) is 0 Å². The first-order chi connectivity index (χ1) is 7.59. The van der Waals surface area contributed by atoms with Gasteiger partial charge in [0.1, 0.15) is 5.82 Å². The van der Waals surface area contributed by atoms with Gasteiger partial charge in [-0.2, -0.15) is 0 Å². The largest absolute Gasteiger partial charge is 0.387 e. The van der Waals surface area contributed by atoms with Crippen LogP contribution in [0.4, 0.5) is 0 Å². The number of rotatable bonds is 3. The Morgan fingerprint density at radius 1 is 1.50 bits per heavy atom. The van der Waals surface area contributed by atoms with Crippen LogP contribution in [-0.4, -0.2) is 15.4 Å². The molecule has 1 aromatic carbocycles. The fraction of sp³-hybridized carbons (Fsp3) is 0.333. The lowest BCUT2D eigenvalue weighted by molar-refractivity contribution is 0.591. The molecule has 1 heterocycles. The van der Waals surface area contributed by atoms with E-state index in [1.807, 2.05) is 38.1 Å². The number of imidazole rings is 1. The predicted octanol–water partition coefficient (Wildman–Crippen LogP) is 1.92. The Hall–Kier alpha value is -1.84. The first-order valence-corrected chi connectivity index (χ1v) is 5.35. The normalized spacial score (nSPS) is 12.9. The van der Waals surface area contributed by atoms with Gasteiger partial charge in [-0.25, -0.2) is 4.98 Å². The standard InChI is InChI=1S/C12H16N4/c1-8(12(13)14)7-16-9(2)15-10-5-3-4-6-11(10)16/h3-6,8H,7H2,1-2H3,(H3,13,14). The molecule has 3 N–H and O–H groups in total. The summed E-state index contributed by atoms with van der Waals surface area (Å²) in [6, 6.07) is 8.02. The van der Waals surface area contributed by atoms with Gasteiger partial charge >= 0.3 is 0 Å². The molecule has 2 aromatic rings. The van der Waals surface area contributed by atoms with Crippen LogP contribution in [0.3, 0.4) is 0 Å². The third kappa shape index (κ3) is 1.78. The van der Waals surface area contributed by atoms with Gasteiger partial charge in [0.15, 0.2) is 0 Å². The van der Waals surface area contributed by atoms with E-state index < -0.39 is 0 Å². The first-order valence-electron chi connectivity index (χ1n) is 5.35. The molecule has 16 heavy (non-hydrogen) atoms. The molecule has 0 bridgehead atoms. The molecule has 1 atom stereocenters. The van der Waals surface area contributed by atoms with Crippen molar-refractivity contribution in [2.24, 2.45) is 11.7 Å². The summed E-state index contributed by atoms with van der Waals surface area (Å²) in [5, 5.41) is 7.43. The third-order valence-corrected chi connectivity index (χ3v) is 2.83. The van der Waals surface area contributed by atoms with Crippen molar-refractivity contribution in [3.8, 4) is 0 Å². The molecule has 0 saturated heterocycles. The summed E-state index contributed by atoms with van der Waals surface area (Å²) >= 11 is 0. The number of nitrogens with two attached hydrogens (primary N) is 1. The summed E-state index contributed by atoms with van der Waals surface area (Å²) in [6.07, 6.45) is 0. The maximum absolute atomic E-state index is 7.43. The van der Waals surface area contributed by atoms with E-state index in [9.17, 15) is 0 Å². The topological polar surface area (TPSA) is 67.7 Å². The van der Waals surface area contributed by atoms with Crippen LogP contribution in [0.5, 0.6) is 0 Å². The summed E-state index contributed by atoms with van der Waals surface area (Å²) in [5.74, 6) is 1.22. The van der Waals surface area contributed by atoms with Crippen LogP contribution in [0.15, 0.2) is 24.3 Å². The van der Waals surface area contributed by atoms with E-state index in [1.54, 1.807) is 0 Å². The molecular formula is C12H16N4. The molecule has 0 aliphatic carbocycles. The Labute approximate surface area is 94.6 Å². The second-order valence-corrected chi connectivity index (χ2v) is 4.11. The van der Waals surface area contributed by atoms with Crippen molar-refractivity contribution in [3.63, 3.8) is 0 Å². The van der Waals surface area contributed by atoms with Crippen molar-refractivity contribution in [3.05, 3.63) is 30.1 Å². The van der Waals surface area contributed by atoms with Gasteiger partial charge in [-0.3, -0.25) is 5.41 Å². The van der Waals surface area contributed by atoms with Gasteiger partial charge in [0.25, 0.3) is 0 Å². The second-order valence-electron chi connectivity index (χ2n) is 4.11. The summed E-state index contributed by atoms with van der Waals surface area (Å²) in [7, 11) is 0. The highest BCUT2D eigenvalue weighted by molar-refractivity contribution is 5.80. The van der Waals surface area contributed by atoms with Crippen molar-refractivity contribution in [2.45, 2.75) is 20.4 Å². The molecule has 0 saturated carbocycles. The van der Waals surface area contributed by atoms with Gasteiger partial charge in [-0.1, -0.05) is 19.1 Å². The van der Waals surface area contributed by atoms with Crippen LogP contribution in [0.2, 0.25) is 0 Å². The molecule has 4 heteroatoms. The van der Waals surface area contributed by atoms with Crippen LogP contribution < -0.4 is 5.73 Å². The number of aryl methyl sites for hydroxylation is 1. The van der Waals surface area contributed by atoms with Crippen LogP contribution >= 0.6 is 0 Å². The van der Waals surface area contributed by atoms with E-state index in [0.29, 0.717) is 6.54 Å². The summed E-state index contributed by atoms with van der Waals surface area (Å²) in [5.41, 5.74) is 7.60. The molecule has 0 aliphatic heterocycles. The summed E-state index contributed by atoms with van der Waals surface area (Å²) in [4.78, 5) is 4.48. The lowest BCUT2D eigenvalue weighted by atomic mass is 10.1. The van der Waals surface area contributed by atoms with Gasteiger partial charge in [-0.05, 0) is 19.1 Å². The summed E-state index contributed by atoms with van der Waals surface area (Å²) < 4.78 is 2.11. The van der Waals surface area contributed by atoms with Gasteiger partial charge in [0.2, 0.25) is 0 Å². The minimum absolute atomic E-state index is 0.0382. The molecule has 0 radical (unpaired) electrons. The molecule has 1 unspecified atom stereocenters. The van der Waals surface area contributed by atoms with E-state index in [-0.39, 0.29) is 11.8 Å². The number of hydrogen-bond donors (Lipinski definition) is 2. The molecule has 2 rings (SSSR count). The van der Waals surface area contributed by atoms with Crippen molar-refractivity contribution >= 4 is 16.9 Å². The lowest BCUT2D eigenvalue weighted by Crippen LogP contribution is -2.24. The van der Waals surface area contributed by atoms with Gasteiger partial charge in [-0.15, -0.1) is 0 Å². The zero-order valence-corrected chi connectivity index (χ0v) is 9.57. The Morgan fingerprint density at radius 3 is 2.88 bits per heavy atom. The molecule has 0 aliphatic rings. The predicted molar refractivity (Wildman–Crippen MR) is 65.5 cm³/mol. The zero-order chi connectivity index (χ0) is 11.7. The average molecular weight is 216 g/mol. The molecule has 4 nitrogen and oxygen atoms in total. The smallest absolute Gasteiger partial charge is 0.106 e. The molecular weight excluding hydrogens is 200 g/mol. The SMILES string of the molecule is Cc1nc2ccccc2n1CC(C)C(=N)N. The lowest BCUT2D eigenvalue weighted by Gasteiger charge is -2.12. The fourth-order valence-electron chi connectivity index (χ4n) is 1.80. The van der Waals surface area contributed by atoms with Crippen molar-refractivity contribution in [1.29, 1.82) is 5.41 Å². The molecule has 0 spiro atoms. The van der Waals surface area contributed by atoms with Crippen LogP contribution in [0.25, 0.3) is 11.0 Å². The molecule has 0 fully saturated rings. The van der Waals surface area contributed by atoms with E-state index in [4.69, 9.17) is 11.1 Å². The first kappa shape index (κ1) is 10.7. The van der Waals surface area contributed by atoms with Gasteiger partial charge in [0.05, 0.1) is 16.9 Å². The van der Waals surface area contributed by atoms with Crippen molar-refractivity contribution in [1.82, 2.24) is 9.55 Å². The van der Waals surface area contributed by atoms with Gasteiger partial charge < -0.3 is 10.3 Å². The molecule has 0 amide bonds. The van der Waals surface area contributed by atoms with E-state index in [2.05, 4.69) is 9.55 Å². The number of nitrogens with zero attached hydrogens (tertiary/aromatic N) is 2. The zero-order valence-electron chi connectivity index (χ0n) is 9.57.